The highest BCUT2D eigenvalue weighted by Crippen LogP contribution is 2.28. The molecule has 1 aliphatic carbocycles. The first-order valence-corrected chi connectivity index (χ1v) is 8.56. The molecule has 0 spiro atoms. The fraction of sp³-hybridized carbons (Fsp3) is 0.412. The first kappa shape index (κ1) is 17.9. The van der Waals surface area contributed by atoms with E-state index in [-0.39, 0.29) is 18.3 Å². The molecule has 1 fully saturated rings. The second-order valence-corrected chi connectivity index (χ2v) is 7.08. The first-order chi connectivity index (χ1) is 10.7. The number of nitrogens with one attached hydrogen (secondary N) is 1. The Morgan fingerprint density at radius 3 is 2.61 bits per heavy atom. The lowest BCUT2D eigenvalue weighted by atomic mass is 9.82. The number of carbonyl (C=O) groups is 1. The van der Waals surface area contributed by atoms with E-state index in [0.29, 0.717) is 5.13 Å². The van der Waals surface area contributed by atoms with Crippen molar-refractivity contribution in [1.82, 2.24) is 4.98 Å². The maximum atomic E-state index is 12.4. The molecule has 1 heterocycles. The summed E-state index contributed by atoms with van der Waals surface area (Å²) in [5.41, 5.74) is 6.77. The monoisotopic (exact) mass is 351 g/mol. The van der Waals surface area contributed by atoms with Crippen LogP contribution < -0.4 is 11.1 Å². The molecule has 6 heteroatoms. The molecule has 0 aliphatic heterocycles. The van der Waals surface area contributed by atoms with Gasteiger partial charge in [0, 0.05) is 17.5 Å². The standard InChI is InChI=1S/C17H21N3OS.ClH/c18-17(9-5-2-6-10-17)15(21)20-16-19-12-14(22-16)11-13-7-3-1-4-8-13;/h1,3-4,7-8,12H,2,5-6,9-11,18H2,(H,19,20,21);1H. The summed E-state index contributed by atoms with van der Waals surface area (Å²) < 4.78 is 0. The van der Waals surface area contributed by atoms with Gasteiger partial charge in [-0.1, -0.05) is 49.6 Å². The molecule has 0 bridgehead atoms. The van der Waals surface area contributed by atoms with E-state index in [1.165, 1.54) is 23.3 Å². The summed E-state index contributed by atoms with van der Waals surface area (Å²) in [4.78, 5) is 17.8. The maximum Gasteiger partial charge on any atom is 0.246 e. The summed E-state index contributed by atoms with van der Waals surface area (Å²) in [5.74, 6) is -0.0900. The van der Waals surface area contributed by atoms with Crippen LogP contribution in [0.15, 0.2) is 36.5 Å². The number of carbonyl (C=O) groups excluding carboxylic acids is 1. The summed E-state index contributed by atoms with van der Waals surface area (Å²) in [6.07, 6.45) is 7.43. The van der Waals surface area contributed by atoms with Gasteiger partial charge in [0.1, 0.15) is 0 Å². The van der Waals surface area contributed by atoms with Crippen LogP contribution in [0.1, 0.15) is 42.5 Å². The lowest BCUT2D eigenvalue weighted by Gasteiger charge is -2.31. The molecule has 0 unspecified atom stereocenters. The van der Waals surface area contributed by atoms with E-state index in [1.54, 1.807) is 0 Å². The van der Waals surface area contributed by atoms with Crippen LogP contribution in [0, 0.1) is 0 Å². The molecule has 1 amide bonds. The third kappa shape index (κ3) is 4.53. The molecule has 0 saturated heterocycles. The molecule has 0 radical (unpaired) electrons. The van der Waals surface area contributed by atoms with Gasteiger partial charge in [0.05, 0.1) is 5.54 Å². The van der Waals surface area contributed by atoms with E-state index in [9.17, 15) is 4.79 Å². The summed E-state index contributed by atoms with van der Waals surface area (Å²) in [7, 11) is 0. The van der Waals surface area contributed by atoms with E-state index in [0.717, 1.165) is 37.0 Å². The third-order valence-electron chi connectivity index (χ3n) is 4.19. The van der Waals surface area contributed by atoms with E-state index in [4.69, 9.17) is 5.73 Å². The Morgan fingerprint density at radius 2 is 1.91 bits per heavy atom. The predicted molar refractivity (Wildman–Crippen MR) is 97.2 cm³/mol. The second-order valence-electron chi connectivity index (χ2n) is 5.97. The van der Waals surface area contributed by atoms with Crippen LogP contribution in [-0.2, 0) is 11.2 Å². The van der Waals surface area contributed by atoms with E-state index >= 15 is 0 Å². The Hall–Kier alpha value is -1.43. The highest BCUT2D eigenvalue weighted by molar-refractivity contribution is 7.15. The molecule has 2 aromatic rings. The zero-order valence-electron chi connectivity index (χ0n) is 13.0. The maximum absolute atomic E-state index is 12.4. The van der Waals surface area contributed by atoms with Gasteiger partial charge < -0.3 is 11.1 Å². The van der Waals surface area contributed by atoms with Crippen molar-refractivity contribution in [2.45, 2.75) is 44.1 Å². The van der Waals surface area contributed by atoms with E-state index in [2.05, 4.69) is 22.4 Å². The van der Waals surface area contributed by atoms with Crippen LogP contribution in [0.25, 0.3) is 0 Å². The van der Waals surface area contributed by atoms with Gasteiger partial charge in [0.2, 0.25) is 5.91 Å². The van der Waals surface area contributed by atoms with Gasteiger partial charge in [0.25, 0.3) is 0 Å². The van der Waals surface area contributed by atoms with Gasteiger partial charge in [-0.3, -0.25) is 4.79 Å². The lowest BCUT2D eigenvalue weighted by Crippen LogP contribution is -2.52. The molecule has 1 saturated carbocycles. The number of benzene rings is 1. The minimum atomic E-state index is -0.719. The fourth-order valence-electron chi connectivity index (χ4n) is 2.88. The van der Waals surface area contributed by atoms with E-state index < -0.39 is 5.54 Å². The van der Waals surface area contributed by atoms with Gasteiger partial charge in [-0.25, -0.2) is 4.98 Å². The highest BCUT2D eigenvalue weighted by Gasteiger charge is 2.35. The zero-order chi connectivity index (χ0) is 15.4. The molecule has 3 N–H and O–H groups in total. The number of rotatable bonds is 4. The smallest absolute Gasteiger partial charge is 0.246 e. The molecule has 124 valence electrons. The largest absolute Gasteiger partial charge is 0.317 e. The lowest BCUT2D eigenvalue weighted by molar-refractivity contribution is -0.122. The SMILES string of the molecule is Cl.NC1(C(=O)Nc2ncc(Cc3ccccc3)s2)CCCCC1. The average Bonchev–Trinajstić information content (AvgIpc) is 2.96. The number of anilines is 1. The highest BCUT2D eigenvalue weighted by atomic mass is 35.5. The van der Waals surface area contributed by atoms with Crippen LogP contribution >= 0.6 is 23.7 Å². The van der Waals surface area contributed by atoms with Crippen molar-refractivity contribution < 1.29 is 4.79 Å². The Bertz CT molecular complexity index is 638. The normalized spacial score (nSPS) is 16.4. The van der Waals surface area contributed by atoms with Crippen LogP contribution in [0.4, 0.5) is 5.13 Å². The van der Waals surface area contributed by atoms with Crippen LogP contribution in [0.5, 0.6) is 0 Å². The van der Waals surface area contributed by atoms with Crippen molar-refractivity contribution in [1.29, 1.82) is 0 Å². The van der Waals surface area contributed by atoms with Crippen molar-refractivity contribution in [3.05, 3.63) is 47.0 Å². The number of halogens is 1. The van der Waals surface area contributed by atoms with Gasteiger partial charge in [-0.2, -0.15) is 0 Å². The molecule has 3 rings (SSSR count). The van der Waals surface area contributed by atoms with Crippen molar-refractivity contribution in [3.63, 3.8) is 0 Å². The van der Waals surface area contributed by atoms with E-state index in [1.807, 2.05) is 24.4 Å². The van der Waals surface area contributed by atoms with Crippen LogP contribution in [0.3, 0.4) is 0 Å². The number of hydrogen-bond donors (Lipinski definition) is 2. The van der Waals surface area contributed by atoms with Crippen molar-refractivity contribution in [2.75, 3.05) is 5.32 Å². The van der Waals surface area contributed by atoms with Gasteiger partial charge in [-0.05, 0) is 18.4 Å². The summed E-state index contributed by atoms with van der Waals surface area (Å²) in [6.45, 7) is 0. The van der Waals surface area contributed by atoms with Gasteiger partial charge >= 0.3 is 0 Å². The van der Waals surface area contributed by atoms with Crippen molar-refractivity contribution in [2.24, 2.45) is 5.73 Å². The number of nitrogens with two attached hydrogens (primary N) is 1. The topological polar surface area (TPSA) is 68.0 Å². The summed E-state index contributed by atoms with van der Waals surface area (Å²) in [5, 5.41) is 3.55. The van der Waals surface area contributed by atoms with Gasteiger partial charge in [0.15, 0.2) is 5.13 Å². The first-order valence-electron chi connectivity index (χ1n) is 7.75. The molecule has 1 aromatic heterocycles. The minimum absolute atomic E-state index is 0. The van der Waals surface area contributed by atoms with Crippen LogP contribution in [0.2, 0.25) is 0 Å². The van der Waals surface area contributed by atoms with Crippen molar-refractivity contribution >= 4 is 34.8 Å². The molecule has 0 atom stereocenters. The Kier molecular flexibility index (Phi) is 6.16. The molecule has 1 aromatic carbocycles. The second kappa shape index (κ2) is 7.90. The molecule has 23 heavy (non-hydrogen) atoms. The minimum Gasteiger partial charge on any atom is -0.317 e. The third-order valence-corrected chi connectivity index (χ3v) is 5.11. The predicted octanol–water partition coefficient (Wildman–Crippen LogP) is 3.76. The Morgan fingerprint density at radius 1 is 1.22 bits per heavy atom. The quantitative estimate of drug-likeness (QED) is 0.881. The number of nitrogens with zero attached hydrogens (tertiary/aromatic N) is 1. The molecule has 1 aliphatic rings. The molecular formula is C17H22ClN3OS. The zero-order valence-corrected chi connectivity index (χ0v) is 14.6. The fourth-order valence-corrected chi connectivity index (χ4v) is 3.72. The number of aromatic nitrogens is 1. The van der Waals surface area contributed by atoms with Gasteiger partial charge in [-0.15, -0.1) is 23.7 Å². The Labute approximate surface area is 146 Å². The Balaban J connectivity index is 0.00000192. The number of amides is 1. The van der Waals surface area contributed by atoms with Crippen molar-refractivity contribution in [3.8, 4) is 0 Å². The average molecular weight is 352 g/mol. The number of thiazole rings is 1. The summed E-state index contributed by atoms with van der Waals surface area (Å²) in [6, 6.07) is 10.2. The summed E-state index contributed by atoms with van der Waals surface area (Å²) >= 11 is 1.52. The molecule has 4 nitrogen and oxygen atoms in total. The molecular weight excluding hydrogens is 330 g/mol. The number of hydrogen-bond acceptors (Lipinski definition) is 4. The van der Waals surface area contributed by atoms with Crippen LogP contribution in [-0.4, -0.2) is 16.4 Å².